The van der Waals surface area contributed by atoms with Crippen LogP contribution in [0.25, 0.3) is 0 Å². The maximum atomic E-state index is 12.5. The molecule has 11 heavy (non-hydrogen) atoms. The molecule has 0 aliphatic heterocycles. The molecule has 0 bridgehead atoms. The molecule has 0 saturated carbocycles. The van der Waals surface area contributed by atoms with Crippen LogP contribution < -0.4 is 5.73 Å². The minimum absolute atomic E-state index is 0.192. The fourth-order valence-corrected chi connectivity index (χ4v) is 0.664. The van der Waals surface area contributed by atoms with Crippen LogP contribution in [0.15, 0.2) is 17.2 Å². The molecule has 0 aromatic heterocycles. The number of rotatable bonds is 1. The van der Waals surface area contributed by atoms with Crippen LogP contribution in [-0.2, 0) is 0 Å². The molecule has 3 nitrogen and oxygen atoms in total. The third-order valence-corrected chi connectivity index (χ3v) is 1.19. The van der Waals surface area contributed by atoms with Crippen molar-refractivity contribution in [3.8, 4) is 0 Å². The monoisotopic (exact) mass is 157 g/mol. The van der Waals surface area contributed by atoms with Gasteiger partial charge in [-0.3, -0.25) is 0 Å². The van der Waals surface area contributed by atoms with Crippen molar-refractivity contribution < 1.29 is 8.78 Å². The average Bonchev–Trinajstić information content (AvgIpc) is 1.96. The van der Waals surface area contributed by atoms with Crippen molar-refractivity contribution in [3.63, 3.8) is 0 Å². The Labute approximate surface area is 61.3 Å². The molecule has 5 heteroatoms. The van der Waals surface area contributed by atoms with E-state index in [0.717, 1.165) is 6.07 Å². The summed E-state index contributed by atoms with van der Waals surface area (Å²) < 4.78 is 24.9. The van der Waals surface area contributed by atoms with Crippen LogP contribution in [0.2, 0.25) is 0 Å². The first-order valence-electron chi connectivity index (χ1n) is 2.77. The number of anilines is 1. The van der Waals surface area contributed by atoms with Crippen molar-refractivity contribution in [2.75, 3.05) is 5.73 Å². The Balaban J connectivity index is 3.35. The summed E-state index contributed by atoms with van der Waals surface area (Å²) in [5, 5.41) is 2.84. The lowest BCUT2D eigenvalue weighted by atomic mass is 10.2. The third kappa shape index (κ3) is 1.31. The second-order valence-electron chi connectivity index (χ2n) is 1.93. The number of hydrogen-bond acceptors (Lipinski definition) is 3. The molecule has 0 radical (unpaired) electrons. The lowest BCUT2D eigenvalue weighted by molar-refractivity contribution is 0.586. The molecule has 1 rings (SSSR count). The van der Waals surface area contributed by atoms with Gasteiger partial charge in [0.05, 0.1) is 5.69 Å². The van der Waals surface area contributed by atoms with E-state index in [1.807, 2.05) is 0 Å². The van der Waals surface area contributed by atoms with E-state index in [0.29, 0.717) is 6.07 Å². The van der Waals surface area contributed by atoms with Crippen molar-refractivity contribution in [2.24, 2.45) is 5.11 Å². The van der Waals surface area contributed by atoms with Gasteiger partial charge in [0.1, 0.15) is 11.5 Å². The van der Waals surface area contributed by atoms with Gasteiger partial charge < -0.3 is 5.73 Å². The Bertz CT molecular complexity index is 298. The molecular weight excluding hydrogens is 152 g/mol. The molecule has 0 amide bonds. The van der Waals surface area contributed by atoms with Gasteiger partial charge in [0.2, 0.25) is 0 Å². The first-order valence-corrected chi connectivity index (χ1v) is 2.77. The van der Waals surface area contributed by atoms with E-state index < -0.39 is 11.6 Å². The zero-order chi connectivity index (χ0) is 8.43. The Morgan fingerprint density at radius 2 is 2.00 bits per heavy atom. The Morgan fingerprint density at radius 3 is 2.55 bits per heavy atom. The van der Waals surface area contributed by atoms with Gasteiger partial charge in [-0.25, -0.2) is 14.3 Å². The number of nitrogen functional groups attached to an aromatic ring is 1. The molecule has 1 aromatic carbocycles. The number of benzene rings is 1. The first kappa shape index (κ1) is 7.59. The number of halogens is 2. The molecule has 0 spiro atoms. The molecule has 0 unspecified atom stereocenters. The van der Waals surface area contributed by atoms with Crippen molar-refractivity contribution in [2.45, 2.75) is 0 Å². The average molecular weight is 157 g/mol. The highest BCUT2D eigenvalue weighted by Gasteiger charge is 2.06. The number of nitrogens with zero attached hydrogens (tertiary/aromatic N) is 1. The first-order chi connectivity index (χ1) is 5.15. The molecule has 0 fully saturated rings. The van der Waals surface area contributed by atoms with Gasteiger partial charge in [-0.1, -0.05) is 0 Å². The highest BCUT2D eigenvalue weighted by molar-refractivity contribution is 5.62. The molecule has 1 aromatic rings. The van der Waals surface area contributed by atoms with Crippen LogP contribution >= 0.6 is 0 Å². The normalized spacial score (nSPS) is 9.64. The van der Waals surface area contributed by atoms with Crippen molar-refractivity contribution in [3.05, 3.63) is 23.8 Å². The fourth-order valence-electron chi connectivity index (χ4n) is 0.664. The van der Waals surface area contributed by atoms with Gasteiger partial charge >= 0.3 is 0 Å². The van der Waals surface area contributed by atoms with Crippen LogP contribution in [0.3, 0.4) is 0 Å². The summed E-state index contributed by atoms with van der Waals surface area (Å²) in [6.07, 6.45) is 0. The summed E-state index contributed by atoms with van der Waals surface area (Å²) in [6, 6.07) is 1.54. The molecule has 0 saturated heterocycles. The predicted molar refractivity (Wildman–Crippen MR) is 35.6 cm³/mol. The van der Waals surface area contributed by atoms with Gasteiger partial charge in [0.25, 0.3) is 0 Å². The number of nitrogens with two attached hydrogens (primary N) is 1. The molecule has 3 N–H and O–H groups in total. The summed E-state index contributed by atoms with van der Waals surface area (Å²) in [7, 11) is 0. The van der Waals surface area contributed by atoms with E-state index >= 15 is 0 Å². The largest absolute Gasteiger partial charge is 0.395 e. The SMILES string of the molecule is N=Nc1cc(F)cc(F)c1N. The Morgan fingerprint density at radius 1 is 1.36 bits per heavy atom. The number of nitrogens with one attached hydrogen (secondary N) is 1. The molecule has 0 atom stereocenters. The third-order valence-electron chi connectivity index (χ3n) is 1.19. The van der Waals surface area contributed by atoms with Crippen molar-refractivity contribution in [1.29, 1.82) is 5.53 Å². The lowest BCUT2D eigenvalue weighted by Gasteiger charge is -1.98. The standard InChI is InChI=1S/C6H5F2N3/c7-3-1-4(8)6(9)5(2-3)11-10/h1-2,10H,9H2. The zero-order valence-electron chi connectivity index (χ0n) is 5.44. The minimum atomic E-state index is -0.893. The lowest BCUT2D eigenvalue weighted by Crippen LogP contribution is -1.91. The predicted octanol–water partition coefficient (Wildman–Crippen LogP) is 2.21. The Hall–Kier alpha value is -1.52. The van der Waals surface area contributed by atoms with Gasteiger partial charge in [-0.05, 0) is 0 Å². The van der Waals surface area contributed by atoms with Crippen molar-refractivity contribution in [1.82, 2.24) is 0 Å². The van der Waals surface area contributed by atoms with Gasteiger partial charge in [-0.15, -0.1) is 0 Å². The van der Waals surface area contributed by atoms with Gasteiger partial charge in [0.15, 0.2) is 5.82 Å². The van der Waals surface area contributed by atoms with Crippen LogP contribution in [0, 0.1) is 17.2 Å². The summed E-state index contributed by atoms with van der Waals surface area (Å²) in [4.78, 5) is 0. The van der Waals surface area contributed by atoms with E-state index in [4.69, 9.17) is 11.3 Å². The maximum Gasteiger partial charge on any atom is 0.151 e. The summed E-state index contributed by atoms with van der Waals surface area (Å²) in [5.74, 6) is -1.68. The van der Waals surface area contributed by atoms with Crippen LogP contribution in [0.4, 0.5) is 20.2 Å². The highest BCUT2D eigenvalue weighted by Crippen LogP contribution is 2.25. The van der Waals surface area contributed by atoms with E-state index in [1.165, 1.54) is 0 Å². The zero-order valence-corrected chi connectivity index (χ0v) is 5.44. The van der Waals surface area contributed by atoms with Crippen LogP contribution in [-0.4, -0.2) is 0 Å². The van der Waals surface area contributed by atoms with E-state index in [1.54, 1.807) is 0 Å². The summed E-state index contributed by atoms with van der Waals surface area (Å²) >= 11 is 0. The molecule has 0 aliphatic carbocycles. The van der Waals surface area contributed by atoms with Gasteiger partial charge in [-0.2, -0.15) is 5.11 Å². The smallest absolute Gasteiger partial charge is 0.151 e. The molecule has 58 valence electrons. The topological polar surface area (TPSA) is 62.2 Å². The van der Waals surface area contributed by atoms with Crippen LogP contribution in [0.5, 0.6) is 0 Å². The minimum Gasteiger partial charge on any atom is -0.395 e. The summed E-state index contributed by atoms with van der Waals surface area (Å²) in [5.41, 5.74) is 11.1. The number of hydrogen-bond donors (Lipinski definition) is 2. The quantitative estimate of drug-likeness (QED) is 0.476. The molecular formula is C6H5F2N3. The van der Waals surface area contributed by atoms with E-state index in [-0.39, 0.29) is 11.4 Å². The fraction of sp³-hybridized carbons (Fsp3) is 0. The molecule has 0 heterocycles. The van der Waals surface area contributed by atoms with Gasteiger partial charge in [0, 0.05) is 12.1 Å². The second kappa shape index (κ2) is 2.61. The van der Waals surface area contributed by atoms with E-state index in [2.05, 4.69) is 5.11 Å². The molecule has 0 aliphatic rings. The second-order valence-corrected chi connectivity index (χ2v) is 1.93. The highest BCUT2D eigenvalue weighted by atomic mass is 19.1. The van der Waals surface area contributed by atoms with E-state index in [9.17, 15) is 8.78 Å². The maximum absolute atomic E-state index is 12.5. The Kier molecular flexibility index (Phi) is 1.80. The van der Waals surface area contributed by atoms with Crippen molar-refractivity contribution >= 4 is 11.4 Å². The van der Waals surface area contributed by atoms with Crippen LogP contribution in [0.1, 0.15) is 0 Å². The summed E-state index contributed by atoms with van der Waals surface area (Å²) in [6.45, 7) is 0.